The lowest BCUT2D eigenvalue weighted by molar-refractivity contribution is -0.385. The van der Waals surface area contributed by atoms with E-state index in [-0.39, 0.29) is 11.4 Å². The minimum absolute atomic E-state index is 0.121. The number of nitro groups is 1. The van der Waals surface area contributed by atoms with E-state index in [2.05, 4.69) is 15.6 Å². The van der Waals surface area contributed by atoms with Gasteiger partial charge in [0.2, 0.25) is 0 Å². The molecule has 0 spiro atoms. The third-order valence-electron chi connectivity index (χ3n) is 2.29. The molecular weight excluding hydrogens is 241 g/mol. The van der Waals surface area contributed by atoms with E-state index in [1.165, 1.54) is 16.8 Å². The second-order valence-electron chi connectivity index (χ2n) is 3.58. The monoisotopic (exact) mass is 251 g/mol. The molecule has 1 N–H and O–H groups in total. The van der Waals surface area contributed by atoms with E-state index < -0.39 is 10.7 Å². The molecule has 7 nitrogen and oxygen atoms in total. The molecular formula is C10H10FN5O2. The van der Waals surface area contributed by atoms with Gasteiger partial charge in [0, 0.05) is 12.6 Å². The van der Waals surface area contributed by atoms with Crippen molar-refractivity contribution in [2.24, 2.45) is 0 Å². The number of halogens is 1. The zero-order valence-electron chi connectivity index (χ0n) is 9.50. The normalized spacial score (nSPS) is 10.6. The SMILES string of the molecule is CNCc1cn(-c2ccc([N+](=O)[O-])cc2F)nn1. The molecule has 94 valence electrons. The van der Waals surface area contributed by atoms with Gasteiger partial charge in [-0.1, -0.05) is 5.21 Å². The quantitative estimate of drug-likeness (QED) is 0.648. The Labute approximate surface area is 101 Å². The van der Waals surface area contributed by atoms with Gasteiger partial charge in [-0.3, -0.25) is 10.1 Å². The van der Waals surface area contributed by atoms with Crippen LogP contribution in [-0.4, -0.2) is 27.0 Å². The molecule has 0 aliphatic rings. The third-order valence-corrected chi connectivity index (χ3v) is 2.29. The van der Waals surface area contributed by atoms with Crippen molar-refractivity contribution < 1.29 is 9.31 Å². The van der Waals surface area contributed by atoms with Crippen molar-refractivity contribution >= 4 is 5.69 Å². The second kappa shape index (κ2) is 4.88. The minimum Gasteiger partial charge on any atom is -0.314 e. The zero-order valence-corrected chi connectivity index (χ0v) is 9.50. The van der Waals surface area contributed by atoms with E-state index in [9.17, 15) is 14.5 Å². The topological polar surface area (TPSA) is 85.9 Å². The molecule has 0 amide bonds. The Hall–Kier alpha value is -2.35. The molecule has 0 unspecified atom stereocenters. The zero-order chi connectivity index (χ0) is 13.1. The van der Waals surface area contributed by atoms with Gasteiger partial charge < -0.3 is 5.32 Å². The van der Waals surface area contributed by atoms with Gasteiger partial charge in [0.1, 0.15) is 5.69 Å². The molecule has 1 aromatic heterocycles. The Balaban J connectivity index is 2.35. The first-order valence-corrected chi connectivity index (χ1v) is 5.12. The van der Waals surface area contributed by atoms with Crippen LogP contribution in [0.5, 0.6) is 0 Å². The molecule has 0 saturated heterocycles. The molecule has 0 fully saturated rings. The summed E-state index contributed by atoms with van der Waals surface area (Å²) in [6, 6.07) is 3.37. The predicted octanol–water partition coefficient (Wildman–Crippen LogP) is 1.03. The van der Waals surface area contributed by atoms with Crippen LogP contribution in [0.1, 0.15) is 5.69 Å². The summed E-state index contributed by atoms with van der Waals surface area (Å²) in [4.78, 5) is 9.83. The van der Waals surface area contributed by atoms with E-state index in [1.807, 2.05) is 0 Å². The summed E-state index contributed by atoms with van der Waals surface area (Å²) < 4.78 is 14.9. The number of hydrogen-bond donors (Lipinski definition) is 1. The average Bonchev–Trinajstić information content (AvgIpc) is 2.77. The summed E-state index contributed by atoms with van der Waals surface area (Å²) in [6.45, 7) is 0.509. The van der Waals surface area contributed by atoms with Crippen molar-refractivity contribution in [2.75, 3.05) is 7.05 Å². The van der Waals surface area contributed by atoms with E-state index >= 15 is 0 Å². The van der Waals surface area contributed by atoms with Gasteiger partial charge in [0.25, 0.3) is 5.69 Å². The molecule has 2 rings (SSSR count). The summed E-state index contributed by atoms with van der Waals surface area (Å²) in [7, 11) is 1.76. The molecule has 8 heteroatoms. The van der Waals surface area contributed by atoms with E-state index in [1.54, 1.807) is 13.2 Å². The van der Waals surface area contributed by atoms with Gasteiger partial charge in [0.15, 0.2) is 5.82 Å². The first kappa shape index (κ1) is 12.1. The molecule has 0 aliphatic carbocycles. The average molecular weight is 251 g/mol. The number of nitrogens with zero attached hydrogens (tertiary/aromatic N) is 4. The van der Waals surface area contributed by atoms with Crippen LogP contribution in [-0.2, 0) is 6.54 Å². The van der Waals surface area contributed by atoms with Crippen LogP contribution in [0.15, 0.2) is 24.4 Å². The van der Waals surface area contributed by atoms with Gasteiger partial charge in [-0.25, -0.2) is 9.07 Å². The summed E-state index contributed by atoms with van der Waals surface area (Å²) in [5, 5.41) is 21.0. The highest BCUT2D eigenvalue weighted by atomic mass is 19.1. The number of hydrogen-bond acceptors (Lipinski definition) is 5. The van der Waals surface area contributed by atoms with Crippen LogP contribution in [0.4, 0.5) is 10.1 Å². The number of benzene rings is 1. The fourth-order valence-electron chi connectivity index (χ4n) is 1.47. The molecule has 0 bridgehead atoms. The number of nitrogens with one attached hydrogen (secondary N) is 1. The Morgan fingerprint density at radius 1 is 1.56 bits per heavy atom. The van der Waals surface area contributed by atoms with Gasteiger partial charge in [-0.15, -0.1) is 5.10 Å². The van der Waals surface area contributed by atoms with Crippen LogP contribution in [0.2, 0.25) is 0 Å². The van der Waals surface area contributed by atoms with Gasteiger partial charge in [-0.05, 0) is 13.1 Å². The highest BCUT2D eigenvalue weighted by molar-refractivity contribution is 5.41. The van der Waals surface area contributed by atoms with Crippen LogP contribution in [0, 0.1) is 15.9 Å². The molecule has 0 atom stereocenters. The fourth-order valence-corrected chi connectivity index (χ4v) is 1.47. The first-order valence-electron chi connectivity index (χ1n) is 5.12. The van der Waals surface area contributed by atoms with Crippen LogP contribution >= 0.6 is 0 Å². The number of nitro benzene ring substituents is 1. The maximum absolute atomic E-state index is 13.7. The smallest absolute Gasteiger partial charge is 0.272 e. The summed E-state index contributed by atoms with van der Waals surface area (Å²) in [6.07, 6.45) is 1.56. The minimum atomic E-state index is -0.717. The standard InChI is InChI=1S/C10H10FN5O2/c1-12-5-7-6-15(14-13-7)10-3-2-8(16(17)18)4-9(10)11/h2-4,6,12H,5H2,1H3. The summed E-state index contributed by atoms with van der Waals surface area (Å²) >= 11 is 0. The highest BCUT2D eigenvalue weighted by Crippen LogP contribution is 2.19. The Morgan fingerprint density at radius 2 is 2.33 bits per heavy atom. The van der Waals surface area contributed by atoms with E-state index in [4.69, 9.17) is 0 Å². The lowest BCUT2D eigenvalue weighted by atomic mass is 10.2. The number of non-ortho nitro benzene ring substituents is 1. The van der Waals surface area contributed by atoms with Crippen molar-refractivity contribution in [2.45, 2.75) is 6.54 Å². The van der Waals surface area contributed by atoms with Crippen LogP contribution in [0.25, 0.3) is 5.69 Å². The van der Waals surface area contributed by atoms with Gasteiger partial charge >= 0.3 is 0 Å². The van der Waals surface area contributed by atoms with E-state index in [0.29, 0.717) is 12.2 Å². The molecule has 0 saturated carbocycles. The predicted molar refractivity (Wildman–Crippen MR) is 60.7 cm³/mol. The van der Waals surface area contributed by atoms with Gasteiger partial charge in [-0.2, -0.15) is 0 Å². The van der Waals surface area contributed by atoms with Gasteiger partial charge in [0.05, 0.1) is 22.9 Å². The largest absolute Gasteiger partial charge is 0.314 e. The maximum atomic E-state index is 13.7. The molecule has 1 heterocycles. The number of aromatic nitrogens is 3. The van der Waals surface area contributed by atoms with Crippen LogP contribution in [0.3, 0.4) is 0 Å². The van der Waals surface area contributed by atoms with Crippen molar-refractivity contribution in [1.82, 2.24) is 20.3 Å². The Bertz CT molecular complexity index is 583. The highest BCUT2D eigenvalue weighted by Gasteiger charge is 2.13. The Morgan fingerprint density at radius 3 is 2.94 bits per heavy atom. The molecule has 2 aromatic rings. The summed E-state index contributed by atoms with van der Waals surface area (Å²) in [5.74, 6) is -0.717. The van der Waals surface area contributed by atoms with Crippen molar-refractivity contribution in [3.63, 3.8) is 0 Å². The lowest BCUT2D eigenvalue weighted by Gasteiger charge is -2.01. The molecule has 1 aromatic carbocycles. The van der Waals surface area contributed by atoms with E-state index in [0.717, 1.165) is 6.07 Å². The first-order chi connectivity index (χ1) is 8.61. The van der Waals surface area contributed by atoms with Crippen molar-refractivity contribution in [1.29, 1.82) is 0 Å². The van der Waals surface area contributed by atoms with Crippen molar-refractivity contribution in [3.8, 4) is 5.69 Å². The second-order valence-corrected chi connectivity index (χ2v) is 3.58. The Kier molecular flexibility index (Phi) is 3.28. The molecule has 0 aliphatic heterocycles. The lowest BCUT2D eigenvalue weighted by Crippen LogP contribution is -2.05. The molecule has 18 heavy (non-hydrogen) atoms. The maximum Gasteiger partial charge on any atom is 0.272 e. The van der Waals surface area contributed by atoms with Crippen LogP contribution < -0.4 is 5.32 Å². The number of rotatable bonds is 4. The molecule has 0 radical (unpaired) electrons. The summed E-state index contributed by atoms with van der Waals surface area (Å²) in [5.41, 5.74) is 0.470. The van der Waals surface area contributed by atoms with Crippen molar-refractivity contribution in [3.05, 3.63) is 46.0 Å². The third kappa shape index (κ3) is 2.33. The fraction of sp³-hybridized carbons (Fsp3) is 0.200.